The number of esters is 1. The first-order valence-corrected chi connectivity index (χ1v) is 4.28. The Morgan fingerprint density at radius 1 is 1.67 bits per heavy atom. The molecule has 15 heavy (non-hydrogen) atoms. The van der Waals surface area contributed by atoms with Gasteiger partial charge in [0.25, 0.3) is 0 Å². The van der Waals surface area contributed by atoms with Gasteiger partial charge in [0.15, 0.2) is 11.2 Å². The third kappa shape index (κ3) is 1.66. The summed E-state index contributed by atoms with van der Waals surface area (Å²) in [5.41, 5.74) is 6.55. The van der Waals surface area contributed by atoms with Crippen LogP contribution in [0.2, 0.25) is 0 Å². The zero-order valence-electron chi connectivity index (χ0n) is 8.06. The predicted octanol–water partition coefficient (Wildman–Crippen LogP) is 0.468. The first-order chi connectivity index (χ1) is 7.24. The van der Waals surface area contributed by atoms with Crippen molar-refractivity contribution in [2.75, 3.05) is 7.11 Å². The van der Waals surface area contributed by atoms with Crippen LogP contribution in [0.4, 0.5) is 0 Å². The Labute approximate surface area is 85.1 Å². The van der Waals surface area contributed by atoms with Crippen LogP contribution in [-0.2, 0) is 11.3 Å². The van der Waals surface area contributed by atoms with Crippen LogP contribution in [0.15, 0.2) is 16.7 Å². The summed E-state index contributed by atoms with van der Waals surface area (Å²) in [6.45, 7) is 0.198. The molecule has 2 N–H and O–H groups in total. The summed E-state index contributed by atoms with van der Waals surface area (Å²) in [4.78, 5) is 19.1. The number of aromatic nitrogens is 2. The van der Waals surface area contributed by atoms with Gasteiger partial charge in [-0.15, -0.1) is 0 Å². The van der Waals surface area contributed by atoms with E-state index < -0.39 is 5.97 Å². The summed E-state index contributed by atoms with van der Waals surface area (Å²) < 4.78 is 9.80. The first kappa shape index (κ1) is 9.60. The summed E-state index contributed by atoms with van der Waals surface area (Å²) in [5, 5.41) is 0. The average molecular weight is 207 g/mol. The number of carbonyl (C=O) groups is 1. The van der Waals surface area contributed by atoms with E-state index >= 15 is 0 Å². The Morgan fingerprint density at radius 3 is 3.13 bits per heavy atom. The highest BCUT2D eigenvalue weighted by atomic mass is 16.5. The van der Waals surface area contributed by atoms with E-state index in [9.17, 15) is 4.79 Å². The van der Waals surface area contributed by atoms with Crippen molar-refractivity contribution in [3.63, 3.8) is 0 Å². The maximum absolute atomic E-state index is 11.2. The number of oxazole rings is 1. The number of ether oxygens (including phenoxy) is 1. The standard InChI is InChI=1S/C9H9N3O3/c1-14-9(13)5-2-6-8(11-4-5)12-7(3-10)15-6/h2,4H,3,10H2,1H3. The normalized spacial score (nSPS) is 10.5. The predicted molar refractivity (Wildman–Crippen MR) is 51.0 cm³/mol. The molecule has 0 spiro atoms. The second-order valence-corrected chi connectivity index (χ2v) is 2.85. The number of carbonyl (C=O) groups excluding carboxylic acids is 1. The minimum atomic E-state index is -0.463. The molecule has 0 saturated carbocycles. The molecule has 0 fully saturated rings. The van der Waals surface area contributed by atoms with E-state index in [0.717, 1.165) is 0 Å². The largest absolute Gasteiger partial charge is 0.465 e. The summed E-state index contributed by atoms with van der Waals surface area (Å²) >= 11 is 0. The molecule has 0 aliphatic carbocycles. The summed E-state index contributed by atoms with van der Waals surface area (Å²) in [6, 6.07) is 1.53. The lowest BCUT2D eigenvalue weighted by Crippen LogP contribution is -2.01. The van der Waals surface area contributed by atoms with Crippen LogP contribution in [0.3, 0.4) is 0 Å². The highest BCUT2D eigenvalue weighted by Gasteiger charge is 2.11. The number of nitrogens with zero attached hydrogens (tertiary/aromatic N) is 2. The van der Waals surface area contributed by atoms with E-state index in [-0.39, 0.29) is 6.54 Å². The van der Waals surface area contributed by atoms with Crippen LogP contribution < -0.4 is 5.73 Å². The van der Waals surface area contributed by atoms with E-state index in [2.05, 4.69) is 14.7 Å². The van der Waals surface area contributed by atoms with Crippen molar-refractivity contribution in [1.29, 1.82) is 0 Å². The van der Waals surface area contributed by atoms with Crippen molar-refractivity contribution in [1.82, 2.24) is 9.97 Å². The maximum atomic E-state index is 11.2. The Morgan fingerprint density at radius 2 is 2.47 bits per heavy atom. The molecule has 2 aromatic heterocycles. The summed E-state index contributed by atoms with van der Waals surface area (Å²) in [5.74, 6) is -0.0744. The lowest BCUT2D eigenvalue weighted by Gasteiger charge is -1.96. The Hall–Kier alpha value is -1.95. The summed E-state index contributed by atoms with van der Waals surface area (Å²) in [7, 11) is 1.30. The van der Waals surface area contributed by atoms with Crippen LogP contribution >= 0.6 is 0 Å². The van der Waals surface area contributed by atoms with Crippen molar-refractivity contribution in [2.24, 2.45) is 5.73 Å². The van der Waals surface area contributed by atoms with Crippen molar-refractivity contribution >= 4 is 17.2 Å². The molecule has 6 heteroatoms. The van der Waals surface area contributed by atoms with Gasteiger partial charge in [-0.05, 0) is 0 Å². The van der Waals surface area contributed by atoms with Gasteiger partial charge in [0, 0.05) is 12.3 Å². The fourth-order valence-electron chi connectivity index (χ4n) is 1.18. The maximum Gasteiger partial charge on any atom is 0.339 e. The number of rotatable bonds is 2. The molecule has 0 radical (unpaired) electrons. The van der Waals surface area contributed by atoms with Crippen molar-refractivity contribution in [2.45, 2.75) is 6.54 Å². The van der Waals surface area contributed by atoms with Gasteiger partial charge >= 0.3 is 5.97 Å². The van der Waals surface area contributed by atoms with Gasteiger partial charge in [0.2, 0.25) is 5.89 Å². The molecular weight excluding hydrogens is 198 g/mol. The highest BCUT2D eigenvalue weighted by molar-refractivity contribution is 5.91. The molecular formula is C9H9N3O3. The molecule has 0 saturated heterocycles. The number of hydrogen-bond acceptors (Lipinski definition) is 6. The van der Waals surface area contributed by atoms with Gasteiger partial charge in [-0.3, -0.25) is 0 Å². The first-order valence-electron chi connectivity index (χ1n) is 4.28. The van der Waals surface area contributed by atoms with E-state index in [4.69, 9.17) is 10.2 Å². The number of nitrogens with two attached hydrogens (primary N) is 1. The lowest BCUT2D eigenvalue weighted by atomic mass is 10.3. The van der Waals surface area contributed by atoms with Crippen LogP contribution in [0.25, 0.3) is 11.2 Å². The molecule has 6 nitrogen and oxygen atoms in total. The molecule has 2 rings (SSSR count). The molecule has 0 atom stereocenters. The topological polar surface area (TPSA) is 91.2 Å². The van der Waals surface area contributed by atoms with Gasteiger partial charge in [-0.2, -0.15) is 4.98 Å². The van der Waals surface area contributed by atoms with Gasteiger partial charge < -0.3 is 14.9 Å². The van der Waals surface area contributed by atoms with Crippen LogP contribution in [0, 0.1) is 0 Å². The number of methoxy groups -OCH3 is 1. The third-order valence-corrected chi connectivity index (χ3v) is 1.89. The van der Waals surface area contributed by atoms with E-state index in [1.165, 1.54) is 19.4 Å². The molecule has 0 aliphatic rings. The lowest BCUT2D eigenvalue weighted by molar-refractivity contribution is 0.0600. The third-order valence-electron chi connectivity index (χ3n) is 1.89. The quantitative estimate of drug-likeness (QED) is 0.719. The van der Waals surface area contributed by atoms with Gasteiger partial charge in [-0.25, -0.2) is 9.78 Å². The van der Waals surface area contributed by atoms with Crippen LogP contribution in [-0.4, -0.2) is 23.0 Å². The van der Waals surface area contributed by atoms with Gasteiger partial charge in [0.05, 0.1) is 19.2 Å². The fourth-order valence-corrected chi connectivity index (χ4v) is 1.18. The smallest absolute Gasteiger partial charge is 0.339 e. The minimum absolute atomic E-state index is 0.198. The number of hydrogen-bond donors (Lipinski definition) is 1. The van der Waals surface area contributed by atoms with Crippen LogP contribution in [0.1, 0.15) is 16.2 Å². The minimum Gasteiger partial charge on any atom is -0.465 e. The molecule has 0 bridgehead atoms. The Kier molecular flexibility index (Phi) is 2.34. The fraction of sp³-hybridized carbons (Fsp3) is 0.222. The highest BCUT2D eigenvalue weighted by Crippen LogP contribution is 2.14. The molecule has 0 amide bonds. The molecule has 78 valence electrons. The second kappa shape index (κ2) is 3.66. The number of fused-ring (bicyclic) bond motifs is 1. The van der Waals surface area contributed by atoms with Gasteiger partial charge in [-0.1, -0.05) is 0 Å². The van der Waals surface area contributed by atoms with Gasteiger partial charge in [0.1, 0.15) is 0 Å². The average Bonchev–Trinajstić information content (AvgIpc) is 2.69. The molecule has 0 unspecified atom stereocenters. The van der Waals surface area contributed by atoms with E-state index in [1.54, 1.807) is 0 Å². The Bertz CT molecular complexity index is 506. The van der Waals surface area contributed by atoms with Crippen molar-refractivity contribution in [3.05, 3.63) is 23.7 Å². The zero-order chi connectivity index (χ0) is 10.8. The van der Waals surface area contributed by atoms with Crippen LogP contribution in [0.5, 0.6) is 0 Å². The molecule has 2 heterocycles. The van der Waals surface area contributed by atoms with E-state index in [0.29, 0.717) is 22.7 Å². The SMILES string of the molecule is COC(=O)c1cnc2nc(CN)oc2c1. The number of pyridine rings is 1. The van der Waals surface area contributed by atoms with Crippen molar-refractivity contribution < 1.29 is 13.9 Å². The molecule has 2 aromatic rings. The molecule has 0 aliphatic heterocycles. The monoisotopic (exact) mass is 207 g/mol. The van der Waals surface area contributed by atoms with Crippen molar-refractivity contribution in [3.8, 4) is 0 Å². The Balaban J connectivity index is 2.50. The van der Waals surface area contributed by atoms with E-state index in [1.807, 2.05) is 0 Å². The second-order valence-electron chi connectivity index (χ2n) is 2.85. The molecule has 0 aromatic carbocycles. The summed E-state index contributed by atoms with van der Waals surface area (Å²) in [6.07, 6.45) is 1.39. The zero-order valence-corrected chi connectivity index (χ0v) is 8.06.